The van der Waals surface area contributed by atoms with Gasteiger partial charge < -0.3 is 15.4 Å². The molecule has 0 aromatic heterocycles. The van der Waals surface area contributed by atoms with Gasteiger partial charge in [-0.2, -0.15) is 0 Å². The first-order chi connectivity index (χ1) is 9.87. The Kier molecular flexibility index (Phi) is 6.96. The van der Waals surface area contributed by atoms with Crippen LogP contribution >= 0.6 is 0 Å². The minimum atomic E-state index is -0.455. The Morgan fingerprint density at radius 3 is 2.38 bits per heavy atom. The van der Waals surface area contributed by atoms with Crippen molar-refractivity contribution in [1.82, 2.24) is 10.6 Å². The van der Waals surface area contributed by atoms with Gasteiger partial charge in [-0.05, 0) is 33.3 Å². The molecule has 0 heterocycles. The van der Waals surface area contributed by atoms with Crippen molar-refractivity contribution in [2.45, 2.75) is 39.8 Å². The third kappa shape index (κ3) is 8.87. The smallest absolute Gasteiger partial charge is 0.407 e. The van der Waals surface area contributed by atoms with E-state index in [4.69, 9.17) is 4.74 Å². The number of aryl methyl sites for hydroxylation is 1. The quantitative estimate of drug-likeness (QED) is 0.625. The Balaban J connectivity index is 2.10. The molecule has 116 valence electrons. The van der Waals surface area contributed by atoms with Crippen molar-refractivity contribution in [3.05, 3.63) is 47.5 Å². The number of carbonyl (C=O) groups is 1. The van der Waals surface area contributed by atoms with E-state index in [1.165, 1.54) is 11.1 Å². The van der Waals surface area contributed by atoms with Crippen LogP contribution in [0.2, 0.25) is 0 Å². The van der Waals surface area contributed by atoms with E-state index in [1.54, 1.807) is 0 Å². The number of hydrogen-bond acceptors (Lipinski definition) is 3. The second-order valence-corrected chi connectivity index (χ2v) is 5.97. The van der Waals surface area contributed by atoms with E-state index in [1.807, 2.05) is 32.9 Å². The topological polar surface area (TPSA) is 50.4 Å². The highest BCUT2D eigenvalue weighted by Gasteiger charge is 2.14. The lowest BCUT2D eigenvalue weighted by Gasteiger charge is -2.19. The summed E-state index contributed by atoms with van der Waals surface area (Å²) in [6, 6.07) is 8.46. The van der Waals surface area contributed by atoms with Crippen LogP contribution in [0.4, 0.5) is 4.79 Å². The van der Waals surface area contributed by atoms with Crippen molar-refractivity contribution in [1.29, 1.82) is 0 Å². The number of ether oxygens (including phenoxy) is 1. The van der Waals surface area contributed by atoms with Crippen molar-refractivity contribution in [3.63, 3.8) is 0 Å². The largest absolute Gasteiger partial charge is 0.444 e. The van der Waals surface area contributed by atoms with Crippen LogP contribution < -0.4 is 10.6 Å². The first-order valence-corrected chi connectivity index (χ1v) is 7.25. The lowest BCUT2D eigenvalue weighted by atomic mass is 10.1. The van der Waals surface area contributed by atoms with E-state index in [0.29, 0.717) is 6.54 Å². The SMILES string of the molecule is Cc1ccc(CNC/C=C/CNC(=O)OC(C)(C)C)cc1. The van der Waals surface area contributed by atoms with E-state index in [0.717, 1.165) is 13.1 Å². The molecule has 0 saturated heterocycles. The maximum Gasteiger partial charge on any atom is 0.407 e. The Hall–Kier alpha value is -1.81. The molecule has 21 heavy (non-hydrogen) atoms. The number of amides is 1. The van der Waals surface area contributed by atoms with Crippen molar-refractivity contribution in [3.8, 4) is 0 Å². The van der Waals surface area contributed by atoms with Crippen LogP contribution in [0.25, 0.3) is 0 Å². The number of hydrogen-bond donors (Lipinski definition) is 2. The maximum absolute atomic E-state index is 11.4. The fraction of sp³-hybridized carbons (Fsp3) is 0.471. The van der Waals surface area contributed by atoms with Crippen molar-refractivity contribution in [2.75, 3.05) is 13.1 Å². The molecule has 0 atom stereocenters. The minimum absolute atomic E-state index is 0.389. The summed E-state index contributed by atoms with van der Waals surface area (Å²) in [7, 11) is 0. The number of carbonyl (C=O) groups excluding carboxylic acids is 1. The molecule has 0 saturated carbocycles. The summed E-state index contributed by atoms with van der Waals surface area (Å²) in [6.07, 6.45) is 3.51. The van der Waals surface area contributed by atoms with Gasteiger partial charge in [0.15, 0.2) is 0 Å². The van der Waals surface area contributed by atoms with Gasteiger partial charge in [-0.1, -0.05) is 42.0 Å². The highest BCUT2D eigenvalue weighted by atomic mass is 16.6. The van der Waals surface area contributed by atoms with Gasteiger partial charge in [-0.15, -0.1) is 0 Å². The summed E-state index contributed by atoms with van der Waals surface area (Å²) in [5.41, 5.74) is 2.08. The van der Waals surface area contributed by atoms with E-state index < -0.39 is 5.60 Å². The molecule has 1 amide bonds. The van der Waals surface area contributed by atoms with Crippen LogP contribution in [0.3, 0.4) is 0 Å². The van der Waals surface area contributed by atoms with Crippen LogP contribution in [0, 0.1) is 6.92 Å². The molecule has 0 bridgehead atoms. The summed E-state index contributed by atoms with van der Waals surface area (Å²) >= 11 is 0. The zero-order chi connectivity index (χ0) is 15.7. The molecule has 1 aromatic rings. The predicted molar refractivity (Wildman–Crippen MR) is 86.3 cm³/mol. The Morgan fingerprint density at radius 2 is 1.76 bits per heavy atom. The minimum Gasteiger partial charge on any atom is -0.444 e. The zero-order valence-corrected chi connectivity index (χ0v) is 13.4. The second-order valence-electron chi connectivity index (χ2n) is 5.97. The average molecular weight is 290 g/mol. The molecule has 0 aliphatic rings. The number of nitrogens with one attached hydrogen (secondary N) is 2. The molecule has 4 heteroatoms. The van der Waals surface area contributed by atoms with E-state index in [-0.39, 0.29) is 6.09 Å². The first-order valence-electron chi connectivity index (χ1n) is 7.25. The fourth-order valence-electron chi connectivity index (χ4n) is 1.63. The second kappa shape index (κ2) is 8.47. The molecule has 0 radical (unpaired) electrons. The van der Waals surface area contributed by atoms with Crippen LogP contribution in [0.1, 0.15) is 31.9 Å². The van der Waals surface area contributed by atoms with Crippen LogP contribution in [-0.2, 0) is 11.3 Å². The summed E-state index contributed by atoms with van der Waals surface area (Å²) in [6.45, 7) is 9.69. The first kappa shape index (κ1) is 17.2. The van der Waals surface area contributed by atoms with Crippen LogP contribution in [0.15, 0.2) is 36.4 Å². The van der Waals surface area contributed by atoms with E-state index in [2.05, 4.69) is 41.8 Å². The Labute approximate surface area is 127 Å². The molecule has 0 fully saturated rings. The van der Waals surface area contributed by atoms with Gasteiger partial charge in [0.05, 0.1) is 0 Å². The van der Waals surface area contributed by atoms with Crippen LogP contribution in [0.5, 0.6) is 0 Å². The molecule has 1 aromatic carbocycles. The molecule has 0 aliphatic heterocycles. The van der Waals surface area contributed by atoms with Gasteiger partial charge in [-0.25, -0.2) is 4.79 Å². The van der Waals surface area contributed by atoms with Gasteiger partial charge in [-0.3, -0.25) is 0 Å². The van der Waals surface area contributed by atoms with Crippen LogP contribution in [-0.4, -0.2) is 24.8 Å². The summed E-state index contributed by atoms with van der Waals surface area (Å²) in [5, 5.41) is 6.00. The molecular weight excluding hydrogens is 264 g/mol. The lowest BCUT2D eigenvalue weighted by Crippen LogP contribution is -2.32. The Bertz CT molecular complexity index is 459. The van der Waals surface area contributed by atoms with Gasteiger partial charge in [0.1, 0.15) is 5.60 Å². The van der Waals surface area contributed by atoms with Gasteiger partial charge in [0.25, 0.3) is 0 Å². The maximum atomic E-state index is 11.4. The van der Waals surface area contributed by atoms with Gasteiger partial charge >= 0.3 is 6.09 Å². The van der Waals surface area contributed by atoms with Gasteiger partial charge in [0.2, 0.25) is 0 Å². The van der Waals surface area contributed by atoms with Crippen molar-refractivity contribution in [2.24, 2.45) is 0 Å². The third-order valence-electron chi connectivity index (χ3n) is 2.64. The third-order valence-corrected chi connectivity index (χ3v) is 2.64. The average Bonchev–Trinajstić information content (AvgIpc) is 2.37. The Morgan fingerprint density at radius 1 is 1.14 bits per heavy atom. The molecule has 0 unspecified atom stereocenters. The summed E-state index contributed by atoms with van der Waals surface area (Å²) in [5.74, 6) is 0. The number of rotatable bonds is 6. The fourth-order valence-corrected chi connectivity index (χ4v) is 1.63. The standard InChI is InChI=1S/C17H26N2O2/c1-14-7-9-15(10-8-14)13-18-11-5-6-12-19-16(20)21-17(2,3)4/h5-10,18H,11-13H2,1-4H3,(H,19,20)/b6-5+. The summed E-state index contributed by atoms with van der Waals surface area (Å²) < 4.78 is 5.13. The normalized spacial score (nSPS) is 11.6. The van der Waals surface area contributed by atoms with Crippen molar-refractivity contribution >= 4 is 6.09 Å². The molecule has 4 nitrogen and oxygen atoms in total. The molecule has 0 aliphatic carbocycles. The number of benzene rings is 1. The molecule has 0 spiro atoms. The molecule has 2 N–H and O–H groups in total. The zero-order valence-electron chi connectivity index (χ0n) is 13.4. The monoisotopic (exact) mass is 290 g/mol. The number of alkyl carbamates (subject to hydrolysis) is 1. The predicted octanol–water partition coefficient (Wildman–Crippen LogP) is 3.17. The van der Waals surface area contributed by atoms with Crippen molar-refractivity contribution < 1.29 is 9.53 Å². The highest BCUT2D eigenvalue weighted by Crippen LogP contribution is 2.06. The molecule has 1 rings (SSSR count). The van der Waals surface area contributed by atoms with E-state index in [9.17, 15) is 4.79 Å². The highest BCUT2D eigenvalue weighted by molar-refractivity contribution is 5.67. The van der Waals surface area contributed by atoms with E-state index >= 15 is 0 Å². The molecular formula is C17H26N2O2. The summed E-state index contributed by atoms with van der Waals surface area (Å²) in [4.78, 5) is 11.4. The lowest BCUT2D eigenvalue weighted by molar-refractivity contribution is 0.0534. The van der Waals surface area contributed by atoms with Gasteiger partial charge in [0, 0.05) is 19.6 Å².